The van der Waals surface area contributed by atoms with Crippen molar-refractivity contribution < 1.29 is 31.6 Å². The third-order valence-corrected chi connectivity index (χ3v) is 7.88. The molecular formula is C21H28F2N8O5S. The summed E-state index contributed by atoms with van der Waals surface area (Å²) in [7, 11) is -4.02. The first-order valence-corrected chi connectivity index (χ1v) is 13.1. The van der Waals surface area contributed by atoms with E-state index >= 15 is 0 Å². The van der Waals surface area contributed by atoms with Crippen molar-refractivity contribution in [2.45, 2.75) is 50.5 Å². The second kappa shape index (κ2) is 9.81. The molecule has 13 nitrogen and oxygen atoms in total. The van der Waals surface area contributed by atoms with Gasteiger partial charge in [0, 0.05) is 43.8 Å². The van der Waals surface area contributed by atoms with Gasteiger partial charge in [-0.2, -0.15) is 8.78 Å². The lowest BCUT2D eigenvalue weighted by Crippen LogP contribution is -2.50. The van der Waals surface area contributed by atoms with E-state index < -0.39 is 39.6 Å². The SMILES string of the molecule is CC(C)C(=O)N1CCN(c2cc(S(=O)(=O)NC3(C)CC3)cn3c(C(=O)NNC(=O)C(F)F)nnc23)CC1. The Hall–Kier alpha value is -3.40. The van der Waals surface area contributed by atoms with Gasteiger partial charge in [-0.1, -0.05) is 13.8 Å². The topological polar surface area (TPSA) is 158 Å². The number of carbonyl (C=O) groups is 3. The molecule has 0 spiro atoms. The lowest BCUT2D eigenvalue weighted by atomic mass is 10.1. The molecule has 3 N–H and O–H groups in total. The van der Waals surface area contributed by atoms with E-state index in [0.29, 0.717) is 44.7 Å². The zero-order valence-corrected chi connectivity index (χ0v) is 21.3. The molecule has 0 aromatic carbocycles. The molecule has 1 saturated heterocycles. The van der Waals surface area contributed by atoms with E-state index in [9.17, 15) is 31.6 Å². The van der Waals surface area contributed by atoms with Crippen molar-refractivity contribution in [1.82, 2.24) is 35.1 Å². The lowest BCUT2D eigenvalue weighted by molar-refractivity contribution is -0.134. The highest BCUT2D eigenvalue weighted by atomic mass is 32.2. The molecule has 0 radical (unpaired) electrons. The Labute approximate surface area is 211 Å². The number of alkyl halides is 2. The molecule has 1 aliphatic heterocycles. The van der Waals surface area contributed by atoms with Crippen LogP contribution in [0.5, 0.6) is 0 Å². The molecule has 3 heterocycles. The number of amides is 3. The number of aromatic nitrogens is 3. The average molecular weight is 543 g/mol. The summed E-state index contributed by atoms with van der Waals surface area (Å²) in [4.78, 5) is 39.5. The Morgan fingerprint density at radius 3 is 2.27 bits per heavy atom. The molecule has 2 aromatic rings. The van der Waals surface area contributed by atoms with Crippen LogP contribution in [0.25, 0.3) is 5.65 Å². The molecule has 1 aliphatic carbocycles. The van der Waals surface area contributed by atoms with Crippen molar-refractivity contribution >= 4 is 39.1 Å². The van der Waals surface area contributed by atoms with Gasteiger partial charge in [0.05, 0.1) is 5.69 Å². The smallest absolute Gasteiger partial charge is 0.317 e. The monoisotopic (exact) mass is 542 g/mol. The largest absolute Gasteiger partial charge is 0.365 e. The normalized spacial score (nSPS) is 17.4. The summed E-state index contributed by atoms with van der Waals surface area (Å²) < 4.78 is 55.1. The molecule has 1 saturated carbocycles. The van der Waals surface area contributed by atoms with E-state index in [-0.39, 0.29) is 22.4 Å². The molecule has 37 heavy (non-hydrogen) atoms. The van der Waals surface area contributed by atoms with Crippen molar-refractivity contribution in [3.8, 4) is 0 Å². The second-order valence-electron chi connectivity index (χ2n) is 9.66. The van der Waals surface area contributed by atoms with Gasteiger partial charge in [-0.25, -0.2) is 13.1 Å². The minimum atomic E-state index is -4.02. The van der Waals surface area contributed by atoms with Crippen LogP contribution in [-0.2, 0) is 19.6 Å². The zero-order valence-electron chi connectivity index (χ0n) is 20.5. The van der Waals surface area contributed by atoms with Gasteiger partial charge in [0.15, 0.2) is 5.65 Å². The fraction of sp³-hybridized carbons (Fsp3) is 0.571. The fourth-order valence-corrected chi connectivity index (χ4v) is 5.40. The molecule has 4 rings (SSSR count). The molecular weight excluding hydrogens is 514 g/mol. The number of pyridine rings is 1. The summed E-state index contributed by atoms with van der Waals surface area (Å²) in [6, 6.07) is 1.43. The molecule has 202 valence electrons. The average Bonchev–Trinajstić information content (AvgIpc) is 3.40. The number of fused-ring (bicyclic) bond motifs is 1. The summed E-state index contributed by atoms with van der Waals surface area (Å²) >= 11 is 0. The summed E-state index contributed by atoms with van der Waals surface area (Å²) in [5.41, 5.74) is 3.34. The summed E-state index contributed by atoms with van der Waals surface area (Å²) in [5, 5.41) is 7.83. The van der Waals surface area contributed by atoms with Gasteiger partial charge >= 0.3 is 18.2 Å². The molecule has 0 bridgehead atoms. The van der Waals surface area contributed by atoms with Gasteiger partial charge in [-0.05, 0) is 25.8 Å². The third kappa shape index (κ3) is 5.64. The first-order valence-electron chi connectivity index (χ1n) is 11.7. The van der Waals surface area contributed by atoms with E-state index in [4.69, 9.17) is 0 Å². The highest BCUT2D eigenvalue weighted by Gasteiger charge is 2.41. The van der Waals surface area contributed by atoms with Crippen LogP contribution in [0.4, 0.5) is 14.5 Å². The van der Waals surface area contributed by atoms with E-state index in [1.807, 2.05) is 24.2 Å². The number of hydrogen-bond acceptors (Lipinski definition) is 8. The van der Waals surface area contributed by atoms with Crippen LogP contribution in [0.1, 0.15) is 44.2 Å². The van der Waals surface area contributed by atoms with Crippen LogP contribution in [0, 0.1) is 5.92 Å². The standard InChI is InChI=1S/C21H28F2N8O5S/c1-12(2)20(34)30-8-6-29(7-9-30)14-10-13(37(35,36)28-21(3)4-5-21)11-31-16(14)24-25-17(31)19(33)27-26-18(32)15(22)23/h10-12,15,28H,4-9H2,1-3H3,(H,26,32)(H,27,33). The number of sulfonamides is 1. The van der Waals surface area contributed by atoms with Crippen molar-refractivity contribution in [1.29, 1.82) is 0 Å². The van der Waals surface area contributed by atoms with E-state index in [0.717, 1.165) is 10.6 Å². The van der Waals surface area contributed by atoms with Gasteiger partial charge in [0.1, 0.15) is 4.90 Å². The lowest BCUT2D eigenvalue weighted by Gasteiger charge is -2.37. The van der Waals surface area contributed by atoms with Crippen molar-refractivity contribution in [3.63, 3.8) is 0 Å². The first kappa shape index (κ1) is 26.7. The number of nitrogens with zero attached hydrogens (tertiary/aromatic N) is 5. The van der Waals surface area contributed by atoms with Gasteiger partial charge < -0.3 is 9.80 Å². The fourth-order valence-electron chi connectivity index (χ4n) is 3.92. The number of hydrazine groups is 1. The number of anilines is 1. The van der Waals surface area contributed by atoms with Gasteiger partial charge in [0.2, 0.25) is 21.8 Å². The van der Waals surface area contributed by atoms with Crippen LogP contribution in [0.2, 0.25) is 0 Å². The third-order valence-electron chi connectivity index (χ3n) is 6.28. The Morgan fingerprint density at radius 1 is 1.05 bits per heavy atom. The highest BCUT2D eigenvalue weighted by molar-refractivity contribution is 7.89. The Kier molecular flexibility index (Phi) is 7.07. The molecule has 3 amide bonds. The minimum Gasteiger partial charge on any atom is -0.365 e. The van der Waals surface area contributed by atoms with Gasteiger partial charge in [-0.3, -0.25) is 29.6 Å². The van der Waals surface area contributed by atoms with Crippen LogP contribution in [-0.4, -0.2) is 83.8 Å². The van der Waals surface area contributed by atoms with Crippen LogP contribution in [0.3, 0.4) is 0 Å². The van der Waals surface area contributed by atoms with Crippen molar-refractivity contribution in [2.24, 2.45) is 5.92 Å². The molecule has 2 fully saturated rings. The van der Waals surface area contributed by atoms with Crippen molar-refractivity contribution in [3.05, 3.63) is 18.1 Å². The number of piperazine rings is 1. The molecule has 16 heteroatoms. The van der Waals surface area contributed by atoms with E-state index in [1.54, 1.807) is 17.2 Å². The maximum atomic E-state index is 13.2. The number of hydrogen-bond donors (Lipinski definition) is 3. The predicted octanol–water partition coefficient (Wildman–Crippen LogP) is -0.109. The van der Waals surface area contributed by atoms with Crippen molar-refractivity contribution in [2.75, 3.05) is 31.1 Å². The Bertz CT molecular complexity index is 1330. The maximum Gasteiger partial charge on any atom is 0.317 e. The summed E-state index contributed by atoms with van der Waals surface area (Å²) in [6.45, 7) is 6.95. The van der Waals surface area contributed by atoms with Crippen LogP contribution >= 0.6 is 0 Å². The Morgan fingerprint density at radius 2 is 1.70 bits per heavy atom. The number of nitrogens with one attached hydrogen (secondary N) is 3. The van der Waals surface area contributed by atoms with E-state index in [2.05, 4.69) is 14.9 Å². The molecule has 2 aliphatic rings. The quantitative estimate of drug-likeness (QED) is 0.409. The number of halogens is 2. The predicted molar refractivity (Wildman–Crippen MR) is 126 cm³/mol. The zero-order chi connectivity index (χ0) is 27.1. The summed E-state index contributed by atoms with van der Waals surface area (Å²) in [5.74, 6) is -3.37. The van der Waals surface area contributed by atoms with Crippen LogP contribution in [0.15, 0.2) is 17.2 Å². The minimum absolute atomic E-state index is 0.00952. The molecule has 0 atom stereocenters. The van der Waals surface area contributed by atoms with Crippen LogP contribution < -0.4 is 20.5 Å². The number of rotatable bonds is 7. The highest BCUT2D eigenvalue weighted by Crippen LogP contribution is 2.36. The first-order chi connectivity index (χ1) is 17.3. The van der Waals surface area contributed by atoms with E-state index in [1.165, 1.54) is 6.07 Å². The molecule has 0 unspecified atom stereocenters. The van der Waals surface area contributed by atoms with Gasteiger partial charge in [-0.15, -0.1) is 10.2 Å². The maximum absolute atomic E-state index is 13.2. The second-order valence-corrected chi connectivity index (χ2v) is 11.3. The summed E-state index contributed by atoms with van der Waals surface area (Å²) in [6.07, 6.45) is -0.834. The number of carbonyl (C=O) groups excluding carboxylic acids is 3. The Balaban J connectivity index is 1.70. The molecule has 2 aromatic heterocycles. The van der Waals surface area contributed by atoms with Gasteiger partial charge in [0.25, 0.3) is 0 Å².